The maximum atomic E-state index is 13.1. The molecule has 0 saturated heterocycles. The van der Waals surface area contributed by atoms with E-state index >= 15 is 0 Å². The summed E-state index contributed by atoms with van der Waals surface area (Å²) in [7, 11) is 0. The van der Waals surface area contributed by atoms with E-state index < -0.39 is 23.1 Å². The second-order valence-electron chi connectivity index (χ2n) is 6.15. The molecule has 0 unspecified atom stereocenters. The number of rotatable bonds is 4. The van der Waals surface area contributed by atoms with Crippen molar-refractivity contribution in [1.82, 2.24) is 19.8 Å². The van der Waals surface area contributed by atoms with Crippen LogP contribution in [0.5, 0.6) is 0 Å². The number of H-pyrrole nitrogens is 1. The van der Waals surface area contributed by atoms with Crippen molar-refractivity contribution in [2.75, 3.05) is 5.32 Å². The maximum absolute atomic E-state index is 13.1. The predicted octanol–water partition coefficient (Wildman–Crippen LogP) is 3.20. The minimum Gasteiger partial charge on any atom is -0.324 e. The summed E-state index contributed by atoms with van der Waals surface area (Å²) in [5.41, 5.74) is 0.958. The maximum Gasteiger partial charge on any atom is 0.290 e. The highest BCUT2D eigenvalue weighted by molar-refractivity contribution is 6.33. The number of halogens is 3. The molecule has 29 heavy (non-hydrogen) atoms. The quantitative estimate of drug-likeness (QED) is 0.535. The fraction of sp³-hybridized carbons (Fsp3) is 0.0526. The van der Waals surface area contributed by atoms with Gasteiger partial charge in [0.1, 0.15) is 17.2 Å². The van der Waals surface area contributed by atoms with Crippen LogP contribution in [-0.2, 0) is 11.2 Å². The largest absolute Gasteiger partial charge is 0.324 e. The number of aromatic amines is 1. The minimum absolute atomic E-state index is 0.0515. The third-order valence-electron chi connectivity index (χ3n) is 4.14. The van der Waals surface area contributed by atoms with Crippen LogP contribution in [-0.4, -0.2) is 25.7 Å². The fourth-order valence-electron chi connectivity index (χ4n) is 2.76. The summed E-state index contributed by atoms with van der Waals surface area (Å²) in [5.74, 6) is -1.24. The Morgan fingerprint density at radius 1 is 1.10 bits per heavy atom. The van der Waals surface area contributed by atoms with Crippen molar-refractivity contribution in [3.8, 4) is 11.3 Å². The second kappa shape index (κ2) is 7.44. The molecule has 146 valence electrons. The van der Waals surface area contributed by atoms with Gasteiger partial charge in [-0.3, -0.25) is 9.59 Å². The van der Waals surface area contributed by atoms with Crippen LogP contribution in [0.2, 0.25) is 5.02 Å². The molecule has 0 fully saturated rings. The lowest BCUT2D eigenvalue weighted by atomic mass is 10.1. The van der Waals surface area contributed by atoms with Gasteiger partial charge < -0.3 is 5.32 Å². The Morgan fingerprint density at radius 2 is 1.83 bits per heavy atom. The summed E-state index contributed by atoms with van der Waals surface area (Å²) in [6.07, 6.45) is -0.231. The molecule has 2 heterocycles. The molecule has 2 aromatic heterocycles. The van der Waals surface area contributed by atoms with E-state index in [1.807, 2.05) is 0 Å². The van der Waals surface area contributed by atoms with Gasteiger partial charge in [0.2, 0.25) is 5.91 Å². The smallest absolute Gasteiger partial charge is 0.290 e. The molecule has 2 N–H and O–H groups in total. The molecule has 0 bridgehead atoms. The van der Waals surface area contributed by atoms with E-state index in [2.05, 4.69) is 20.6 Å². The van der Waals surface area contributed by atoms with Crippen LogP contribution in [0.15, 0.2) is 53.3 Å². The zero-order valence-electron chi connectivity index (χ0n) is 14.6. The molecule has 0 saturated carbocycles. The van der Waals surface area contributed by atoms with E-state index in [1.165, 1.54) is 47.0 Å². The Balaban J connectivity index is 1.65. The van der Waals surface area contributed by atoms with Crippen LogP contribution in [0.4, 0.5) is 14.5 Å². The van der Waals surface area contributed by atoms with Crippen molar-refractivity contribution < 1.29 is 13.6 Å². The van der Waals surface area contributed by atoms with Crippen molar-refractivity contribution in [2.24, 2.45) is 0 Å². The zero-order valence-corrected chi connectivity index (χ0v) is 15.4. The minimum atomic E-state index is -0.526. The SMILES string of the molecule is O=C(Cc1n[nH]c(=O)c2cc(-c3ccc(F)cc3)nn12)Nc1ccc(F)cc1Cl. The second-order valence-corrected chi connectivity index (χ2v) is 6.56. The first-order chi connectivity index (χ1) is 13.9. The van der Waals surface area contributed by atoms with Crippen LogP contribution in [0, 0.1) is 11.6 Å². The van der Waals surface area contributed by atoms with Crippen molar-refractivity contribution in [3.05, 3.63) is 81.4 Å². The van der Waals surface area contributed by atoms with Crippen LogP contribution >= 0.6 is 11.6 Å². The number of nitrogens with one attached hydrogen (secondary N) is 2. The van der Waals surface area contributed by atoms with Crippen LogP contribution in [0.3, 0.4) is 0 Å². The number of benzene rings is 2. The molecular weight excluding hydrogens is 404 g/mol. The lowest BCUT2D eigenvalue weighted by Gasteiger charge is -2.07. The van der Waals surface area contributed by atoms with Gasteiger partial charge in [-0.25, -0.2) is 18.4 Å². The van der Waals surface area contributed by atoms with Crippen LogP contribution in [0.25, 0.3) is 16.8 Å². The number of nitrogens with zero attached hydrogens (tertiary/aromatic N) is 3. The Bertz CT molecular complexity index is 1280. The van der Waals surface area contributed by atoms with Crippen molar-refractivity contribution >= 4 is 28.7 Å². The topological polar surface area (TPSA) is 92.2 Å². The first kappa shape index (κ1) is 18.8. The van der Waals surface area contributed by atoms with Crippen molar-refractivity contribution in [3.63, 3.8) is 0 Å². The number of fused-ring (bicyclic) bond motifs is 1. The molecule has 0 aliphatic carbocycles. The molecule has 10 heteroatoms. The molecule has 0 aliphatic heterocycles. The molecule has 1 amide bonds. The summed E-state index contributed by atoms with van der Waals surface area (Å²) in [5, 5.41) is 13.1. The van der Waals surface area contributed by atoms with E-state index in [0.29, 0.717) is 11.3 Å². The zero-order chi connectivity index (χ0) is 20.5. The van der Waals surface area contributed by atoms with E-state index in [9.17, 15) is 18.4 Å². The summed E-state index contributed by atoms with van der Waals surface area (Å²) < 4.78 is 27.5. The normalized spacial score (nSPS) is 11.0. The van der Waals surface area contributed by atoms with Gasteiger partial charge in [-0.2, -0.15) is 10.2 Å². The lowest BCUT2D eigenvalue weighted by molar-refractivity contribution is -0.115. The number of hydrogen-bond donors (Lipinski definition) is 2. The standard InChI is InChI=1S/C19H12ClF2N5O2/c20-13-7-12(22)5-6-14(13)23-18(28)9-17-24-25-19(29)16-8-15(26-27(16)17)10-1-3-11(21)4-2-10/h1-8H,9H2,(H,23,28)(H,25,29). The third kappa shape index (κ3) is 3.85. The van der Waals surface area contributed by atoms with Gasteiger partial charge >= 0.3 is 0 Å². The summed E-state index contributed by atoms with van der Waals surface area (Å²) in [6, 6.07) is 10.7. The highest BCUT2D eigenvalue weighted by Gasteiger charge is 2.15. The number of hydrogen-bond acceptors (Lipinski definition) is 4. The average Bonchev–Trinajstić information content (AvgIpc) is 3.13. The number of amides is 1. The summed E-state index contributed by atoms with van der Waals surface area (Å²) in [4.78, 5) is 24.5. The first-order valence-electron chi connectivity index (χ1n) is 8.39. The molecule has 2 aromatic carbocycles. The molecule has 4 aromatic rings. The van der Waals surface area contributed by atoms with E-state index in [-0.39, 0.29) is 28.5 Å². The number of carbonyl (C=O) groups excluding carboxylic acids is 1. The first-order valence-corrected chi connectivity index (χ1v) is 8.77. The Morgan fingerprint density at radius 3 is 2.55 bits per heavy atom. The molecule has 0 spiro atoms. The Kier molecular flexibility index (Phi) is 4.81. The molecule has 7 nitrogen and oxygen atoms in total. The molecule has 0 atom stereocenters. The Hall–Kier alpha value is -3.59. The molecule has 0 aliphatic rings. The van der Waals surface area contributed by atoms with Gasteiger partial charge in [0.25, 0.3) is 5.56 Å². The predicted molar refractivity (Wildman–Crippen MR) is 103 cm³/mol. The number of aromatic nitrogens is 4. The van der Waals surface area contributed by atoms with Gasteiger partial charge in [0, 0.05) is 5.56 Å². The highest BCUT2D eigenvalue weighted by Crippen LogP contribution is 2.23. The Labute approximate surface area is 166 Å². The van der Waals surface area contributed by atoms with E-state index in [1.54, 1.807) is 0 Å². The van der Waals surface area contributed by atoms with Gasteiger partial charge in [-0.1, -0.05) is 11.6 Å². The molecule has 4 rings (SSSR count). The van der Waals surface area contributed by atoms with E-state index in [0.717, 1.165) is 6.07 Å². The van der Waals surface area contributed by atoms with Crippen molar-refractivity contribution in [1.29, 1.82) is 0 Å². The van der Waals surface area contributed by atoms with Gasteiger partial charge in [0.05, 0.1) is 22.8 Å². The van der Waals surface area contributed by atoms with E-state index in [4.69, 9.17) is 11.6 Å². The number of carbonyl (C=O) groups is 1. The average molecular weight is 416 g/mol. The van der Waals surface area contributed by atoms with Crippen LogP contribution in [0.1, 0.15) is 5.82 Å². The lowest BCUT2D eigenvalue weighted by Crippen LogP contribution is -2.22. The fourth-order valence-corrected chi connectivity index (χ4v) is 2.98. The molecule has 0 radical (unpaired) electrons. The molecular formula is C19H12ClF2N5O2. The van der Waals surface area contributed by atoms with Gasteiger partial charge in [-0.15, -0.1) is 0 Å². The highest BCUT2D eigenvalue weighted by atomic mass is 35.5. The van der Waals surface area contributed by atoms with Crippen LogP contribution < -0.4 is 10.9 Å². The monoisotopic (exact) mass is 415 g/mol. The van der Waals surface area contributed by atoms with Crippen molar-refractivity contribution in [2.45, 2.75) is 6.42 Å². The number of anilines is 1. The summed E-state index contributed by atoms with van der Waals surface area (Å²) in [6.45, 7) is 0. The summed E-state index contributed by atoms with van der Waals surface area (Å²) >= 11 is 5.91. The van der Waals surface area contributed by atoms with Gasteiger partial charge in [-0.05, 0) is 48.5 Å². The third-order valence-corrected chi connectivity index (χ3v) is 4.45. The van der Waals surface area contributed by atoms with Gasteiger partial charge in [0.15, 0.2) is 5.82 Å².